The summed E-state index contributed by atoms with van der Waals surface area (Å²) < 4.78 is 42.4. The summed E-state index contributed by atoms with van der Waals surface area (Å²) in [6, 6.07) is 21.0. The van der Waals surface area contributed by atoms with Gasteiger partial charge in [0.15, 0.2) is 0 Å². The number of methoxy groups -OCH3 is 1. The Morgan fingerprint density at radius 2 is 1.60 bits per heavy atom. The number of anilines is 1. The lowest BCUT2D eigenvalue weighted by Gasteiger charge is -2.23. The van der Waals surface area contributed by atoms with Gasteiger partial charge < -0.3 is 19.5 Å². The van der Waals surface area contributed by atoms with E-state index >= 15 is 0 Å². The molecule has 0 aliphatic carbocycles. The fraction of sp³-hybridized carbons (Fsp3) is 0.269. The molecule has 186 valence electrons. The Hall–Kier alpha value is -3.72. The number of ether oxygens (including phenoxy) is 3. The third-order valence-corrected chi connectivity index (χ3v) is 6.22. The first-order chi connectivity index (χ1) is 16.8. The normalized spacial score (nSPS) is 10.9. The van der Waals surface area contributed by atoms with E-state index in [1.54, 1.807) is 61.7 Å². The molecule has 0 bridgehead atoms. The van der Waals surface area contributed by atoms with Crippen LogP contribution in [0.4, 0.5) is 5.69 Å². The Bertz CT molecular complexity index is 1210. The van der Waals surface area contributed by atoms with Crippen LogP contribution in [0.3, 0.4) is 0 Å². The molecule has 8 nitrogen and oxygen atoms in total. The number of rotatable bonds is 12. The van der Waals surface area contributed by atoms with E-state index in [-0.39, 0.29) is 12.5 Å². The van der Waals surface area contributed by atoms with Crippen LogP contribution >= 0.6 is 0 Å². The minimum absolute atomic E-state index is 0.142. The van der Waals surface area contributed by atoms with Gasteiger partial charge in [-0.15, -0.1) is 0 Å². The van der Waals surface area contributed by atoms with E-state index in [0.717, 1.165) is 5.56 Å². The molecule has 35 heavy (non-hydrogen) atoms. The number of sulfonamides is 1. The average Bonchev–Trinajstić information content (AvgIpc) is 2.85. The zero-order valence-electron chi connectivity index (χ0n) is 20.1. The summed E-state index contributed by atoms with van der Waals surface area (Å²) in [5, 5.41) is 2.81. The summed E-state index contributed by atoms with van der Waals surface area (Å²) in [7, 11) is -1.93. The molecule has 0 atom stereocenters. The maximum absolute atomic E-state index is 12.5. The van der Waals surface area contributed by atoms with E-state index in [4.69, 9.17) is 14.2 Å². The largest absolute Gasteiger partial charge is 0.497 e. The number of benzene rings is 3. The van der Waals surface area contributed by atoms with Gasteiger partial charge in [0.2, 0.25) is 10.0 Å². The molecule has 0 heterocycles. The molecule has 9 heteroatoms. The predicted molar refractivity (Wildman–Crippen MR) is 136 cm³/mol. The van der Waals surface area contributed by atoms with Gasteiger partial charge in [0.25, 0.3) is 5.91 Å². The van der Waals surface area contributed by atoms with E-state index in [2.05, 4.69) is 5.32 Å². The van der Waals surface area contributed by atoms with Gasteiger partial charge in [-0.2, -0.15) is 0 Å². The van der Waals surface area contributed by atoms with Gasteiger partial charge in [-0.25, -0.2) is 8.42 Å². The molecule has 0 aliphatic rings. The average molecular weight is 499 g/mol. The van der Waals surface area contributed by atoms with Crippen molar-refractivity contribution in [3.8, 4) is 17.2 Å². The lowest BCUT2D eigenvalue weighted by Crippen LogP contribution is -2.29. The van der Waals surface area contributed by atoms with Gasteiger partial charge in [0, 0.05) is 11.6 Å². The van der Waals surface area contributed by atoms with Crippen molar-refractivity contribution < 1.29 is 27.4 Å². The minimum Gasteiger partial charge on any atom is -0.497 e. The van der Waals surface area contributed by atoms with Crippen LogP contribution in [-0.4, -0.2) is 47.4 Å². The number of hydrogen-bond donors (Lipinski definition) is 1. The predicted octanol–water partition coefficient (Wildman–Crippen LogP) is 3.87. The fourth-order valence-electron chi connectivity index (χ4n) is 3.33. The second-order valence-electron chi connectivity index (χ2n) is 7.68. The van der Waals surface area contributed by atoms with E-state index in [0.29, 0.717) is 48.3 Å². The summed E-state index contributed by atoms with van der Waals surface area (Å²) in [6.45, 7) is 3.20. The SMILES string of the molecule is CCOc1ccc(N(Cc2ccc(C(=O)NCCOc3cccc(OC)c3)cc2)S(C)(=O)=O)cc1. The fourth-order valence-corrected chi connectivity index (χ4v) is 4.22. The highest BCUT2D eigenvalue weighted by Gasteiger charge is 2.18. The van der Waals surface area contributed by atoms with Crippen LogP contribution in [0.1, 0.15) is 22.8 Å². The number of carbonyl (C=O) groups is 1. The van der Waals surface area contributed by atoms with Crippen LogP contribution in [0.15, 0.2) is 72.8 Å². The third-order valence-electron chi connectivity index (χ3n) is 5.08. The highest BCUT2D eigenvalue weighted by atomic mass is 32.2. The molecule has 0 saturated carbocycles. The maximum Gasteiger partial charge on any atom is 0.251 e. The topological polar surface area (TPSA) is 94.2 Å². The lowest BCUT2D eigenvalue weighted by atomic mass is 10.1. The molecule has 1 N–H and O–H groups in total. The van der Waals surface area contributed by atoms with E-state index in [9.17, 15) is 13.2 Å². The van der Waals surface area contributed by atoms with Gasteiger partial charge in [0.05, 0.1) is 38.7 Å². The summed E-state index contributed by atoms with van der Waals surface area (Å²) in [6.07, 6.45) is 1.17. The van der Waals surface area contributed by atoms with Crippen molar-refractivity contribution in [3.05, 3.63) is 83.9 Å². The number of hydrogen-bond acceptors (Lipinski definition) is 6. The summed E-state index contributed by atoms with van der Waals surface area (Å²) in [5.41, 5.74) is 1.76. The van der Waals surface area contributed by atoms with Crippen LogP contribution in [-0.2, 0) is 16.6 Å². The first-order valence-electron chi connectivity index (χ1n) is 11.1. The van der Waals surface area contributed by atoms with Gasteiger partial charge in [0.1, 0.15) is 23.9 Å². The number of nitrogens with zero attached hydrogens (tertiary/aromatic N) is 1. The molecular weight excluding hydrogens is 468 g/mol. The third kappa shape index (κ3) is 7.65. The first kappa shape index (κ1) is 25.9. The lowest BCUT2D eigenvalue weighted by molar-refractivity contribution is 0.0947. The minimum atomic E-state index is -3.52. The zero-order valence-corrected chi connectivity index (χ0v) is 20.9. The van der Waals surface area contributed by atoms with Crippen LogP contribution < -0.4 is 23.8 Å². The van der Waals surface area contributed by atoms with Crippen LogP contribution in [0.5, 0.6) is 17.2 Å². The number of nitrogens with one attached hydrogen (secondary N) is 1. The summed E-state index contributed by atoms with van der Waals surface area (Å²) in [4.78, 5) is 12.5. The molecule has 0 spiro atoms. The van der Waals surface area contributed by atoms with Crippen molar-refractivity contribution in [2.45, 2.75) is 13.5 Å². The van der Waals surface area contributed by atoms with Gasteiger partial charge in [-0.3, -0.25) is 9.10 Å². The van der Waals surface area contributed by atoms with Crippen molar-refractivity contribution in [2.24, 2.45) is 0 Å². The maximum atomic E-state index is 12.5. The molecule has 0 saturated heterocycles. The Morgan fingerprint density at radius 1 is 0.914 bits per heavy atom. The highest BCUT2D eigenvalue weighted by molar-refractivity contribution is 7.92. The van der Waals surface area contributed by atoms with Crippen LogP contribution in [0, 0.1) is 0 Å². The smallest absolute Gasteiger partial charge is 0.251 e. The standard InChI is InChI=1S/C26H30N2O6S/c1-4-33-23-14-12-22(13-15-23)28(35(3,30)31)19-20-8-10-21(11-9-20)26(29)27-16-17-34-25-7-5-6-24(18-25)32-2/h5-15,18H,4,16-17,19H2,1-3H3,(H,27,29). The highest BCUT2D eigenvalue weighted by Crippen LogP contribution is 2.24. The Balaban J connectivity index is 1.56. The second-order valence-corrected chi connectivity index (χ2v) is 9.58. The quantitative estimate of drug-likeness (QED) is 0.381. The molecular formula is C26H30N2O6S. The Labute approximate surface area is 206 Å². The van der Waals surface area contributed by atoms with Gasteiger partial charge in [-0.1, -0.05) is 18.2 Å². The molecule has 0 unspecified atom stereocenters. The zero-order chi connectivity index (χ0) is 25.3. The number of amides is 1. The summed E-state index contributed by atoms with van der Waals surface area (Å²) in [5.74, 6) is 1.79. The van der Waals surface area contributed by atoms with E-state index in [1.165, 1.54) is 10.6 Å². The molecule has 3 rings (SSSR count). The molecule has 3 aromatic rings. The van der Waals surface area contributed by atoms with E-state index in [1.807, 2.05) is 25.1 Å². The summed E-state index contributed by atoms with van der Waals surface area (Å²) >= 11 is 0. The molecule has 0 aliphatic heterocycles. The molecule has 0 radical (unpaired) electrons. The molecule has 3 aromatic carbocycles. The molecule has 0 fully saturated rings. The van der Waals surface area contributed by atoms with Crippen molar-refractivity contribution in [3.63, 3.8) is 0 Å². The Kier molecular flexibility index (Phi) is 8.97. The van der Waals surface area contributed by atoms with Crippen molar-refractivity contribution in [1.82, 2.24) is 5.32 Å². The molecule has 1 amide bonds. The van der Waals surface area contributed by atoms with Crippen LogP contribution in [0.25, 0.3) is 0 Å². The Morgan fingerprint density at radius 3 is 2.23 bits per heavy atom. The number of carbonyl (C=O) groups excluding carboxylic acids is 1. The van der Waals surface area contributed by atoms with Crippen LogP contribution in [0.2, 0.25) is 0 Å². The van der Waals surface area contributed by atoms with E-state index < -0.39 is 10.0 Å². The van der Waals surface area contributed by atoms with Crippen molar-refractivity contribution >= 4 is 21.6 Å². The monoisotopic (exact) mass is 498 g/mol. The van der Waals surface area contributed by atoms with Crippen molar-refractivity contribution in [2.75, 3.05) is 37.4 Å². The first-order valence-corrected chi connectivity index (χ1v) is 13.0. The van der Waals surface area contributed by atoms with Gasteiger partial charge in [-0.05, 0) is 61.0 Å². The van der Waals surface area contributed by atoms with Gasteiger partial charge >= 0.3 is 0 Å². The van der Waals surface area contributed by atoms with Crippen molar-refractivity contribution in [1.29, 1.82) is 0 Å². The second kappa shape index (κ2) is 12.1. The molecule has 0 aromatic heterocycles.